The van der Waals surface area contributed by atoms with E-state index < -0.39 is 0 Å². The van der Waals surface area contributed by atoms with Crippen LogP contribution >= 0.6 is 0 Å². The highest BCUT2D eigenvalue weighted by molar-refractivity contribution is 5.41. The van der Waals surface area contributed by atoms with E-state index in [2.05, 4.69) is 59.7 Å². The van der Waals surface area contributed by atoms with Gasteiger partial charge in [-0.25, -0.2) is 0 Å². The van der Waals surface area contributed by atoms with Crippen LogP contribution in [0.4, 0.5) is 0 Å². The number of hydrogen-bond donors (Lipinski definition) is 1. The predicted molar refractivity (Wildman–Crippen MR) is 96.7 cm³/mol. The molecule has 1 aromatic carbocycles. The molecule has 0 radical (unpaired) electrons. The van der Waals surface area contributed by atoms with E-state index in [-0.39, 0.29) is 5.41 Å². The van der Waals surface area contributed by atoms with Crippen LogP contribution in [0.3, 0.4) is 0 Å². The Hall–Kier alpha value is -1.02. The molecule has 0 amide bonds. The summed E-state index contributed by atoms with van der Waals surface area (Å²) >= 11 is 0. The van der Waals surface area contributed by atoms with Gasteiger partial charge in [-0.15, -0.1) is 0 Å². The van der Waals surface area contributed by atoms with Crippen molar-refractivity contribution in [2.75, 3.05) is 6.61 Å². The van der Waals surface area contributed by atoms with Crippen LogP contribution in [0.5, 0.6) is 5.75 Å². The van der Waals surface area contributed by atoms with Crippen LogP contribution in [0.25, 0.3) is 0 Å². The van der Waals surface area contributed by atoms with E-state index in [4.69, 9.17) is 10.5 Å². The second kappa shape index (κ2) is 8.57. The normalized spacial score (nSPS) is 13.5. The van der Waals surface area contributed by atoms with Crippen molar-refractivity contribution in [1.82, 2.24) is 0 Å². The summed E-state index contributed by atoms with van der Waals surface area (Å²) in [7, 11) is 0. The van der Waals surface area contributed by atoms with E-state index in [1.807, 2.05) is 0 Å². The van der Waals surface area contributed by atoms with Crippen LogP contribution in [-0.4, -0.2) is 12.6 Å². The van der Waals surface area contributed by atoms with Gasteiger partial charge in [-0.2, -0.15) is 0 Å². The summed E-state index contributed by atoms with van der Waals surface area (Å²) in [6.07, 6.45) is 4.38. The maximum atomic E-state index is 6.14. The van der Waals surface area contributed by atoms with E-state index in [0.29, 0.717) is 12.0 Å². The van der Waals surface area contributed by atoms with Gasteiger partial charge in [-0.3, -0.25) is 0 Å². The van der Waals surface area contributed by atoms with Gasteiger partial charge in [0.1, 0.15) is 5.75 Å². The molecular formula is C20H35NO. The number of benzene rings is 1. The first-order valence-electron chi connectivity index (χ1n) is 8.77. The van der Waals surface area contributed by atoms with Crippen molar-refractivity contribution in [3.05, 3.63) is 29.3 Å². The lowest BCUT2D eigenvalue weighted by atomic mass is 9.84. The van der Waals surface area contributed by atoms with E-state index in [9.17, 15) is 0 Å². The van der Waals surface area contributed by atoms with Gasteiger partial charge in [0.15, 0.2) is 0 Å². The van der Waals surface area contributed by atoms with Crippen molar-refractivity contribution < 1.29 is 4.74 Å². The lowest BCUT2D eigenvalue weighted by Gasteiger charge is -2.24. The van der Waals surface area contributed by atoms with Gasteiger partial charge in [-0.05, 0) is 54.2 Å². The fourth-order valence-electron chi connectivity index (χ4n) is 2.53. The van der Waals surface area contributed by atoms with Crippen molar-refractivity contribution in [2.45, 2.75) is 78.7 Å². The highest BCUT2D eigenvalue weighted by Crippen LogP contribution is 2.32. The number of hydrogen-bond acceptors (Lipinski definition) is 2. The summed E-state index contributed by atoms with van der Waals surface area (Å²) in [5.74, 6) is 1.60. The molecule has 22 heavy (non-hydrogen) atoms. The third-order valence-corrected chi connectivity index (χ3v) is 4.17. The molecule has 0 aromatic heterocycles. The van der Waals surface area contributed by atoms with Crippen LogP contribution in [0.2, 0.25) is 0 Å². The van der Waals surface area contributed by atoms with E-state index in [0.717, 1.165) is 38.0 Å². The number of ether oxygens (including phenoxy) is 1. The number of aryl methyl sites for hydroxylation is 1. The van der Waals surface area contributed by atoms with Crippen molar-refractivity contribution in [2.24, 2.45) is 11.7 Å². The third kappa shape index (κ3) is 6.00. The van der Waals surface area contributed by atoms with Gasteiger partial charge in [-0.1, -0.05) is 53.7 Å². The molecule has 1 atom stereocenters. The van der Waals surface area contributed by atoms with E-state index in [1.165, 1.54) is 11.1 Å². The molecule has 0 spiro atoms. The molecule has 1 unspecified atom stereocenters. The summed E-state index contributed by atoms with van der Waals surface area (Å²) in [5, 5.41) is 0. The van der Waals surface area contributed by atoms with Crippen molar-refractivity contribution >= 4 is 0 Å². The topological polar surface area (TPSA) is 35.2 Å². The van der Waals surface area contributed by atoms with Crippen LogP contribution in [0.1, 0.15) is 71.9 Å². The maximum absolute atomic E-state index is 6.14. The fourth-order valence-corrected chi connectivity index (χ4v) is 2.53. The zero-order chi connectivity index (χ0) is 16.8. The monoisotopic (exact) mass is 305 g/mol. The minimum atomic E-state index is 0.105. The third-order valence-electron chi connectivity index (χ3n) is 4.17. The molecular weight excluding hydrogens is 270 g/mol. The lowest BCUT2D eigenvalue weighted by molar-refractivity contribution is 0.308. The number of rotatable bonds is 8. The molecule has 1 rings (SSSR count). The van der Waals surface area contributed by atoms with Crippen LogP contribution < -0.4 is 10.5 Å². The largest absolute Gasteiger partial charge is 0.493 e. The SMILES string of the molecule is CCCOc1ccc(CCCC(N)C(C)C)cc1C(C)(C)C. The maximum Gasteiger partial charge on any atom is 0.123 e. The smallest absolute Gasteiger partial charge is 0.123 e. The van der Waals surface area contributed by atoms with Crippen molar-refractivity contribution in [3.8, 4) is 5.75 Å². The first-order chi connectivity index (χ1) is 10.3. The minimum absolute atomic E-state index is 0.105. The zero-order valence-corrected chi connectivity index (χ0v) is 15.4. The second-order valence-corrected chi connectivity index (χ2v) is 7.73. The predicted octanol–water partition coefficient (Wildman–Crippen LogP) is 5.08. The minimum Gasteiger partial charge on any atom is -0.493 e. The molecule has 0 saturated heterocycles. The Morgan fingerprint density at radius 1 is 1.18 bits per heavy atom. The van der Waals surface area contributed by atoms with Crippen molar-refractivity contribution in [3.63, 3.8) is 0 Å². The summed E-state index contributed by atoms with van der Waals surface area (Å²) in [4.78, 5) is 0. The Bertz CT molecular complexity index is 446. The first kappa shape index (κ1) is 19.0. The molecule has 2 heteroatoms. The molecule has 2 nitrogen and oxygen atoms in total. The Kier molecular flexibility index (Phi) is 7.41. The van der Waals surface area contributed by atoms with Crippen LogP contribution in [0.15, 0.2) is 18.2 Å². The second-order valence-electron chi connectivity index (χ2n) is 7.73. The van der Waals surface area contributed by atoms with Gasteiger partial charge in [0.2, 0.25) is 0 Å². The van der Waals surface area contributed by atoms with Gasteiger partial charge in [0.05, 0.1) is 6.61 Å². The zero-order valence-electron chi connectivity index (χ0n) is 15.4. The molecule has 0 aliphatic heterocycles. The van der Waals surface area contributed by atoms with Gasteiger partial charge < -0.3 is 10.5 Å². The van der Waals surface area contributed by atoms with Gasteiger partial charge in [0.25, 0.3) is 0 Å². The van der Waals surface area contributed by atoms with E-state index >= 15 is 0 Å². The Morgan fingerprint density at radius 2 is 1.86 bits per heavy atom. The summed E-state index contributed by atoms with van der Waals surface area (Å²) in [6.45, 7) is 14.1. The van der Waals surface area contributed by atoms with Gasteiger partial charge >= 0.3 is 0 Å². The van der Waals surface area contributed by atoms with Crippen LogP contribution in [-0.2, 0) is 11.8 Å². The molecule has 126 valence electrons. The average molecular weight is 306 g/mol. The Balaban J connectivity index is 2.77. The number of nitrogens with two attached hydrogens (primary N) is 1. The highest BCUT2D eigenvalue weighted by Gasteiger charge is 2.19. The molecule has 0 aliphatic carbocycles. The summed E-state index contributed by atoms with van der Waals surface area (Å²) in [5.41, 5.74) is 8.95. The quantitative estimate of drug-likeness (QED) is 0.727. The Morgan fingerprint density at radius 3 is 2.41 bits per heavy atom. The summed E-state index contributed by atoms with van der Waals surface area (Å²) in [6, 6.07) is 7.00. The molecule has 0 heterocycles. The van der Waals surface area contributed by atoms with E-state index in [1.54, 1.807) is 0 Å². The lowest BCUT2D eigenvalue weighted by Crippen LogP contribution is -2.26. The average Bonchev–Trinajstić information content (AvgIpc) is 2.44. The van der Waals surface area contributed by atoms with Gasteiger partial charge in [0, 0.05) is 6.04 Å². The molecule has 0 saturated carbocycles. The molecule has 0 fully saturated rings. The molecule has 1 aromatic rings. The van der Waals surface area contributed by atoms with Crippen molar-refractivity contribution in [1.29, 1.82) is 0 Å². The van der Waals surface area contributed by atoms with Crippen LogP contribution in [0, 0.1) is 5.92 Å². The standard InChI is InChI=1S/C20H35NO/c1-7-13-22-19-12-11-16(14-17(19)20(4,5)6)9-8-10-18(21)15(2)3/h11-12,14-15,18H,7-10,13,21H2,1-6H3. The molecule has 2 N–H and O–H groups in total. The first-order valence-corrected chi connectivity index (χ1v) is 8.77. The summed E-state index contributed by atoms with van der Waals surface area (Å²) < 4.78 is 5.92. The fraction of sp³-hybridized carbons (Fsp3) is 0.700. The molecule has 0 aliphatic rings. The highest BCUT2D eigenvalue weighted by atomic mass is 16.5. The Labute approximate surface area is 137 Å². The molecule has 0 bridgehead atoms.